The molecule has 1 N–H and O–H groups in total. The molecule has 0 unspecified atom stereocenters. The van der Waals surface area contributed by atoms with Gasteiger partial charge in [-0.25, -0.2) is 14.2 Å². The predicted octanol–water partition coefficient (Wildman–Crippen LogP) is 3.78. The van der Waals surface area contributed by atoms with Gasteiger partial charge in [0.2, 0.25) is 5.88 Å². The van der Waals surface area contributed by atoms with E-state index in [0.29, 0.717) is 10.2 Å². The molecule has 6 heteroatoms. The molecule has 0 spiro atoms. The summed E-state index contributed by atoms with van der Waals surface area (Å²) in [6, 6.07) is 6.93. The normalized spacial score (nSPS) is 10.3. The summed E-state index contributed by atoms with van der Waals surface area (Å²) in [7, 11) is 0. The highest BCUT2D eigenvalue weighted by atomic mass is 79.9. The molecule has 2 rings (SSSR count). The van der Waals surface area contributed by atoms with Crippen LogP contribution in [0.15, 0.2) is 34.8 Å². The van der Waals surface area contributed by atoms with Crippen LogP contribution in [0.25, 0.3) is 0 Å². The summed E-state index contributed by atoms with van der Waals surface area (Å²) < 4.78 is 19.1. The van der Waals surface area contributed by atoms with Gasteiger partial charge in [0, 0.05) is 16.6 Å². The van der Waals surface area contributed by atoms with Gasteiger partial charge in [-0.3, -0.25) is 0 Å². The first-order chi connectivity index (χ1) is 8.95. The van der Waals surface area contributed by atoms with Crippen LogP contribution in [0.2, 0.25) is 0 Å². The van der Waals surface area contributed by atoms with Gasteiger partial charge >= 0.3 is 5.97 Å². The second-order valence-corrected chi connectivity index (χ2v) is 4.71. The number of aromatic carboxylic acids is 1. The van der Waals surface area contributed by atoms with Gasteiger partial charge in [-0.2, -0.15) is 0 Å². The van der Waals surface area contributed by atoms with E-state index in [1.54, 1.807) is 13.0 Å². The molecule has 1 aromatic heterocycles. The number of hydrogen-bond donors (Lipinski definition) is 1. The fourth-order valence-electron chi connectivity index (χ4n) is 1.53. The van der Waals surface area contributed by atoms with Crippen LogP contribution in [-0.2, 0) is 0 Å². The number of nitrogens with zero attached hydrogens (tertiary/aromatic N) is 1. The molecule has 0 radical (unpaired) electrons. The molecule has 1 heterocycles. The summed E-state index contributed by atoms with van der Waals surface area (Å²) in [4.78, 5) is 14.9. The van der Waals surface area contributed by atoms with Crippen molar-refractivity contribution in [3.63, 3.8) is 0 Å². The molecule has 4 nitrogen and oxygen atoms in total. The first-order valence-electron chi connectivity index (χ1n) is 5.30. The van der Waals surface area contributed by atoms with Crippen LogP contribution in [0.3, 0.4) is 0 Å². The SMILES string of the molecule is Cc1nc(Oc2cc(F)cc(Br)c2)ccc1C(=O)O. The van der Waals surface area contributed by atoms with E-state index in [2.05, 4.69) is 20.9 Å². The number of aryl methyl sites for hydroxylation is 1. The lowest BCUT2D eigenvalue weighted by Crippen LogP contribution is -2.02. The zero-order valence-electron chi connectivity index (χ0n) is 9.85. The Morgan fingerprint density at radius 2 is 2.11 bits per heavy atom. The summed E-state index contributed by atoms with van der Waals surface area (Å²) in [6.45, 7) is 1.57. The molecule has 2 aromatic rings. The minimum Gasteiger partial charge on any atom is -0.478 e. The molecule has 0 aliphatic heterocycles. The molecule has 0 aliphatic rings. The summed E-state index contributed by atoms with van der Waals surface area (Å²) >= 11 is 3.15. The number of aromatic nitrogens is 1. The van der Waals surface area contributed by atoms with Crippen molar-refractivity contribution in [1.29, 1.82) is 0 Å². The third kappa shape index (κ3) is 3.29. The third-order valence-corrected chi connectivity index (χ3v) is 2.81. The summed E-state index contributed by atoms with van der Waals surface area (Å²) in [5, 5.41) is 8.88. The van der Waals surface area contributed by atoms with E-state index in [1.165, 1.54) is 24.3 Å². The highest BCUT2D eigenvalue weighted by Gasteiger charge is 2.10. The van der Waals surface area contributed by atoms with Crippen LogP contribution in [0, 0.1) is 12.7 Å². The summed E-state index contributed by atoms with van der Waals surface area (Å²) in [5.41, 5.74) is 0.438. The average Bonchev–Trinajstić information content (AvgIpc) is 2.26. The Morgan fingerprint density at radius 3 is 2.68 bits per heavy atom. The van der Waals surface area contributed by atoms with Gasteiger partial charge in [0.25, 0.3) is 0 Å². The van der Waals surface area contributed by atoms with Crippen LogP contribution in [0.5, 0.6) is 11.6 Å². The Morgan fingerprint density at radius 1 is 1.37 bits per heavy atom. The molecule has 19 heavy (non-hydrogen) atoms. The number of carboxylic acids is 1. The maximum Gasteiger partial charge on any atom is 0.337 e. The molecular formula is C13H9BrFNO3. The predicted molar refractivity (Wildman–Crippen MR) is 70.1 cm³/mol. The van der Waals surface area contributed by atoms with E-state index in [-0.39, 0.29) is 17.2 Å². The third-order valence-electron chi connectivity index (χ3n) is 2.35. The Bertz CT molecular complexity index is 626. The van der Waals surface area contributed by atoms with Crippen LogP contribution in [-0.4, -0.2) is 16.1 Å². The maximum atomic E-state index is 13.2. The first-order valence-corrected chi connectivity index (χ1v) is 6.10. The topological polar surface area (TPSA) is 59.4 Å². The summed E-state index contributed by atoms with van der Waals surface area (Å²) in [5.74, 6) is -1.00. The number of rotatable bonds is 3. The number of benzene rings is 1. The number of pyridine rings is 1. The number of carboxylic acid groups (broad SMARTS) is 1. The van der Waals surface area contributed by atoms with Gasteiger partial charge in [-0.1, -0.05) is 15.9 Å². The highest BCUT2D eigenvalue weighted by Crippen LogP contribution is 2.25. The zero-order valence-corrected chi connectivity index (χ0v) is 11.4. The van der Waals surface area contributed by atoms with Crippen LogP contribution in [0.4, 0.5) is 4.39 Å². The van der Waals surface area contributed by atoms with Crippen molar-refractivity contribution in [3.8, 4) is 11.6 Å². The largest absolute Gasteiger partial charge is 0.478 e. The Kier molecular flexibility index (Phi) is 3.80. The summed E-state index contributed by atoms with van der Waals surface area (Å²) in [6.07, 6.45) is 0. The van der Waals surface area contributed by atoms with Crippen molar-refractivity contribution in [2.75, 3.05) is 0 Å². The molecule has 98 valence electrons. The van der Waals surface area contributed by atoms with Gasteiger partial charge in [-0.15, -0.1) is 0 Å². The standard InChI is InChI=1S/C13H9BrFNO3/c1-7-11(13(17)18)2-3-12(16-7)19-10-5-8(14)4-9(15)6-10/h2-6H,1H3,(H,17,18). The minimum absolute atomic E-state index is 0.104. The van der Waals surface area contributed by atoms with E-state index in [9.17, 15) is 9.18 Å². The van der Waals surface area contributed by atoms with Crippen molar-refractivity contribution in [2.45, 2.75) is 6.92 Å². The first kappa shape index (κ1) is 13.5. The number of ether oxygens (including phenoxy) is 1. The van der Waals surface area contributed by atoms with Crippen molar-refractivity contribution in [2.24, 2.45) is 0 Å². The monoisotopic (exact) mass is 325 g/mol. The molecule has 0 saturated carbocycles. The van der Waals surface area contributed by atoms with Crippen molar-refractivity contribution in [1.82, 2.24) is 4.98 Å². The zero-order chi connectivity index (χ0) is 14.0. The van der Waals surface area contributed by atoms with Gasteiger partial charge in [0.1, 0.15) is 11.6 Å². The lowest BCUT2D eigenvalue weighted by molar-refractivity contribution is 0.0695. The van der Waals surface area contributed by atoms with Crippen LogP contribution >= 0.6 is 15.9 Å². The van der Waals surface area contributed by atoms with E-state index in [4.69, 9.17) is 9.84 Å². The number of halogens is 2. The molecular weight excluding hydrogens is 317 g/mol. The van der Waals surface area contributed by atoms with Crippen molar-refractivity contribution >= 4 is 21.9 Å². The van der Waals surface area contributed by atoms with Gasteiger partial charge < -0.3 is 9.84 Å². The minimum atomic E-state index is -1.05. The van der Waals surface area contributed by atoms with Crippen LogP contribution < -0.4 is 4.74 Å². The average molecular weight is 326 g/mol. The second kappa shape index (κ2) is 5.36. The number of hydrogen-bond acceptors (Lipinski definition) is 3. The maximum absolute atomic E-state index is 13.2. The fourth-order valence-corrected chi connectivity index (χ4v) is 1.97. The van der Waals surface area contributed by atoms with Gasteiger partial charge in [0.05, 0.1) is 11.3 Å². The number of carbonyl (C=O) groups is 1. The molecule has 0 aliphatic carbocycles. The second-order valence-electron chi connectivity index (χ2n) is 3.79. The van der Waals surface area contributed by atoms with Crippen molar-refractivity contribution in [3.05, 3.63) is 51.9 Å². The fraction of sp³-hybridized carbons (Fsp3) is 0.0769. The molecule has 0 saturated heterocycles. The van der Waals surface area contributed by atoms with Crippen molar-refractivity contribution < 1.29 is 19.0 Å². The van der Waals surface area contributed by atoms with Gasteiger partial charge in [-0.05, 0) is 25.1 Å². The Balaban J connectivity index is 2.28. The highest BCUT2D eigenvalue weighted by molar-refractivity contribution is 9.10. The molecule has 0 atom stereocenters. The van der Waals surface area contributed by atoms with Crippen LogP contribution in [0.1, 0.15) is 16.1 Å². The molecule has 1 aromatic carbocycles. The van der Waals surface area contributed by atoms with E-state index in [1.807, 2.05) is 0 Å². The van der Waals surface area contributed by atoms with E-state index >= 15 is 0 Å². The lowest BCUT2D eigenvalue weighted by atomic mass is 10.2. The molecule has 0 amide bonds. The van der Waals surface area contributed by atoms with E-state index in [0.717, 1.165) is 0 Å². The van der Waals surface area contributed by atoms with Gasteiger partial charge in [0.15, 0.2) is 0 Å². The molecule has 0 bridgehead atoms. The quantitative estimate of drug-likeness (QED) is 0.932. The van der Waals surface area contributed by atoms with E-state index < -0.39 is 11.8 Å². The Labute approximate surface area is 117 Å². The smallest absolute Gasteiger partial charge is 0.337 e. The Hall–Kier alpha value is -1.95. The lowest BCUT2D eigenvalue weighted by Gasteiger charge is -2.07. The molecule has 0 fully saturated rings.